The maximum absolute atomic E-state index is 12.2. The molecule has 2 atom stereocenters. The van der Waals surface area contributed by atoms with Gasteiger partial charge in [0.1, 0.15) is 6.04 Å². The van der Waals surface area contributed by atoms with E-state index >= 15 is 0 Å². The predicted molar refractivity (Wildman–Crippen MR) is 80.1 cm³/mol. The Morgan fingerprint density at radius 1 is 1.36 bits per heavy atom. The lowest BCUT2D eigenvalue weighted by molar-refractivity contribution is -0.142. The van der Waals surface area contributed by atoms with E-state index in [9.17, 15) is 19.5 Å². The van der Waals surface area contributed by atoms with E-state index in [0.717, 1.165) is 5.56 Å². The Hall–Kier alpha value is -2.37. The van der Waals surface area contributed by atoms with Gasteiger partial charge in [-0.15, -0.1) is 0 Å². The van der Waals surface area contributed by atoms with Crippen LogP contribution in [-0.2, 0) is 20.8 Å². The van der Waals surface area contributed by atoms with E-state index < -0.39 is 17.9 Å². The second-order valence-electron chi connectivity index (χ2n) is 5.42. The molecule has 1 fully saturated rings. The van der Waals surface area contributed by atoms with Crippen molar-refractivity contribution < 1.29 is 19.5 Å². The fourth-order valence-corrected chi connectivity index (χ4v) is 2.59. The number of nitrogens with one attached hydrogen (secondary N) is 1. The number of hydrogen-bond acceptors (Lipinski definition) is 3. The number of carbonyl (C=O) groups excluding carboxylic acids is 2. The number of aliphatic carboxylic acids is 1. The lowest BCUT2D eigenvalue weighted by atomic mass is 10.0. The fourth-order valence-electron chi connectivity index (χ4n) is 2.59. The molecule has 6 heteroatoms. The van der Waals surface area contributed by atoms with Crippen LogP contribution in [0, 0.1) is 5.92 Å². The largest absolute Gasteiger partial charge is 0.480 e. The molecule has 0 aromatic heterocycles. The van der Waals surface area contributed by atoms with Gasteiger partial charge in [0.25, 0.3) is 0 Å². The van der Waals surface area contributed by atoms with Crippen LogP contribution in [0.5, 0.6) is 0 Å². The normalized spacial score (nSPS) is 19.0. The molecule has 0 radical (unpaired) electrons. The topological polar surface area (TPSA) is 86.7 Å². The van der Waals surface area contributed by atoms with Crippen LogP contribution >= 0.6 is 0 Å². The minimum atomic E-state index is -1.08. The van der Waals surface area contributed by atoms with Gasteiger partial charge in [-0.05, 0) is 12.5 Å². The highest BCUT2D eigenvalue weighted by Gasteiger charge is 2.35. The van der Waals surface area contributed by atoms with Crippen LogP contribution in [0.25, 0.3) is 0 Å². The molecule has 2 amide bonds. The van der Waals surface area contributed by atoms with Gasteiger partial charge in [-0.25, -0.2) is 4.79 Å². The van der Waals surface area contributed by atoms with Gasteiger partial charge >= 0.3 is 5.97 Å². The van der Waals surface area contributed by atoms with E-state index in [1.165, 1.54) is 0 Å². The molecule has 0 saturated carbocycles. The molecular weight excluding hydrogens is 284 g/mol. The molecule has 2 N–H and O–H groups in total. The minimum Gasteiger partial charge on any atom is -0.480 e. The summed E-state index contributed by atoms with van der Waals surface area (Å²) in [5, 5.41) is 11.8. The standard InChI is InChI=1S/C16H20N2O4/c1-2-18-10-12(9-14(18)19)15(20)17-13(16(21)22)8-11-6-4-3-5-7-11/h3-7,12-13H,2,8-10H2,1H3,(H,17,20)(H,21,22)/t12?,13-/m0/s1. The van der Waals surface area contributed by atoms with Crippen molar-refractivity contribution in [2.45, 2.75) is 25.8 Å². The van der Waals surface area contributed by atoms with E-state index in [0.29, 0.717) is 13.1 Å². The SMILES string of the molecule is CCN1CC(C(=O)N[C@@H](Cc2ccccc2)C(=O)O)CC1=O. The minimum absolute atomic E-state index is 0.0578. The maximum Gasteiger partial charge on any atom is 0.326 e. The number of carbonyl (C=O) groups is 3. The van der Waals surface area contributed by atoms with E-state index in [2.05, 4.69) is 5.32 Å². The summed E-state index contributed by atoms with van der Waals surface area (Å²) >= 11 is 0. The number of likely N-dealkylation sites (tertiary alicyclic amines) is 1. The van der Waals surface area contributed by atoms with Crippen molar-refractivity contribution in [1.29, 1.82) is 0 Å². The van der Waals surface area contributed by atoms with Gasteiger partial charge in [0, 0.05) is 25.9 Å². The first-order valence-corrected chi connectivity index (χ1v) is 7.36. The van der Waals surface area contributed by atoms with Crippen LogP contribution in [0.4, 0.5) is 0 Å². The number of carboxylic acid groups (broad SMARTS) is 1. The van der Waals surface area contributed by atoms with Gasteiger partial charge in [-0.3, -0.25) is 9.59 Å². The van der Waals surface area contributed by atoms with Crippen molar-refractivity contribution in [3.05, 3.63) is 35.9 Å². The number of hydrogen-bond donors (Lipinski definition) is 2. The van der Waals surface area contributed by atoms with Crippen LogP contribution < -0.4 is 5.32 Å². The molecule has 1 aliphatic rings. The van der Waals surface area contributed by atoms with Gasteiger partial charge in [-0.1, -0.05) is 30.3 Å². The Morgan fingerprint density at radius 3 is 2.59 bits per heavy atom. The zero-order valence-electron chi connectivity index (χ0n) is 12.5. The molecule has 0 aliphatic carbocycles. The van der Waals surface area contributed by atoms with E-state index in [4.69, 9.17) is 0 Å². The summed E-state index contributed by atoms with van der Waals surface area (Å²) < 4.78 is 0. The van der Waals surface area contributed by atoms with Crippen molar-refractivity contribution in [1.82, 2.24) is 10.2 Å². The molecule has 1 unspecified atom stereocenters. The average molecular weight is 304 g/mol. The zero-order chi connectivity index (χ0) is 16.1. The lowest BCUT2D eigenvalue weighted by Gasteiger charge is -2.18. The molecule has 1 saturated heterocycles. The first-order chi connectivity index (χ1) is 10.5. The van der Waals surface area contributed by atoms with Crippen LogP contribution in [0.3, 0.4) is 0 Å². The van der Waals surface area contributed by atoms with Gasteiger partial charge in [-0.2, -0.15) is 0 Å². The number of carboxylic acids is 1. The van der Waals surface area contributed by atoms with Crippen LogP contribution in [0.2, 0.25) is 0 Å². The van der Waals surface area contributed by atoms with E-state index in [1.807, 2.05) is 37.3 Å². The van der Waals surface area contributed by atoms with Gasteiger partial charge in [0.2, 0.25) is 11.8 Å². The molecule has 2 rings (SSSR count). The molecule has 0 spiro atoms. The number of amides is 2. The second kappa shape index (κ2) is 7.06. The van der Waals surface area contributed by atoms with Crippen molar-refractivity contribution in [3.8, 4) is 0 Å². The highest BCUT2D eigenvalue weighted by Crippen LogP contribution is 2.18. The highest BCUT2D eigenvalue weighted by molar-refractivity contribution is 5.91. The summed E-state index contributed by atoms with van der Waals surface area (Å²) in [5.74, 6) is -1.97. The average Bonchev–Trinajstić information content (AvgIpc) is 2.88. The molecule has 118 valence electrons. The van der Waals surface area contributed by atoms with Gasteiger partial charge in [0.15, 0.2) is 0 Å². The number of nitrogens with zero attached hydrogens (tertiary/aromatic N) is 1. The molecule has 1 aromatic carbocycles. The Morgan fingerprint density at radius 2 is 2.05 bits per heavy atom. The fraction of sp³-hybridized carbons (Fsp3) is 0.438. The van der Waals surface area contributed by atoms with Crippen molar-refractivity contribution in [2.75, 3.05) is 13.1 Å². The number of rotatable bonds is 6. The second-order valence-corrected chi connectivity index (χ2v) is 5.42. The van der Waals surface area contributed by atoms with Crippen molar-refractivity contribution in [2.24, 2.45) is 5.92 Å². The van der Waals surface area contributed by atoms with Crippen LogP contribution in [-0.4, -0.2) is 46.9 Å². The summed E-state index contributed by atoms with van der Waals surface area (Å²) in [6.45, 7) is 2.78. The summed E-state index contributed by atoms with van der Waals surface area (Å²) in [6, 6.07) is 8.15. The van der Waals surface area contributed by atoms with Crippen LogP contribution in [0.15, 0.2) is 30.3 Å². The summed E-state index contributed by atoms with van der Waals surface area (Å²) in [6.07, 6.45) is 0.372. The Balaban J connectivity index is 1.98. The van der Waals surface area contributed by atoms with E-state index in [-0.39, 0.29) is 24.7 Å². The summed E-state index contributed by atoms with van der Waals surface area (Å²) in [5.41, 5.74) is 0.841. The predicted octanol–water partition coefficient (Wildman–Crippen LogP) is 0.667. The van der Waals surface area contributed by atoms with Crippen molar-refractivity contribution >= 4 is 17.8 Å². The molecule has 1 heterocycles. The molecule has 1 aromatic rings. The quantitative estimate of drug-likeness (QED) is 0.808. The summed E-state index contributed by atoms with van der Waals surface area (Å²) in [7, 11) is 0. The third kappa shape index (κ3) is 3.84. The Bertz CT molecular complexity index is 559. The Labute approximate surface area is 129 Å². The zero-order valence-corrected chi connectivity index (χ0v) is 12.5. The van der Waals surface area contributed by atoms with Gasteiger partial charge < -0.3 is 15.3 Å². The third-order valence-corrected chi connectivity index (χ3v) is 3.86. The highest BCUT2D eigenvalue weighted by atomic mass is 16.4. The molecule has 0 bridgehead atoms. The smallest absolute Gasteiger partial charge is 0.326 e. The summed E-state index contributed by atoms with van der Waals surface area (Å²) in [4.78, 5) is 36.8. The van der Waals surface area contributed by atoms with E-state index in [1.54, 1.807) is 4.90 Å². The molecule has 1 aliphatic heterocycles. The lowest BCUT2D eigenvalue weighted by Crippen LogP contribution is -2.45. The van der Waals surface area contributed by atoms with Gasteiger partial charge in [0.05, 0.1) is 5.92 Å². The third-order valence-electron chi connectivity index (χ3n) is 3.86. The molecule has 6 nitrogen and oxygen atoms in total. The first kappa shape index (κ1) is 16.0. The van der Waals surface area contributed by atoms with Crippen molar-refractivity contribution in [3.63, 3.8) is 0 Å². The molecular formula is C16H20N2O4. The first-order valence-electron chi connectivity index (χ1n) is 7.36. The maximum atomic E-state index is 12.2. The van der Waals surface area contributed by atoms with Crippen LogP contribution in [0.1, 0.15) is 18.9 Å². The monoisotopic (exact) mass is 304 g/mol. The number of benzene rings is 1. The molecule has 22 heavy (non-hydrogen) atoms. The Kier molecular flexibility index (Phi) is 5.14.